The molecule has 0 spiro atoms. The molecule has 0 N–H and O–H groups in total. The highest BCUT2D eigenvalue weighted by molar-refractivity contribution is 9.09. The Morgan fingerprint density at radius 2 is 2.36 bits per heavy atom. The van der Waals surface area contributed by atoms with E-state index in [1.165, 1.54) is 12.8 Å². The monoisotopic (exact) mass is 257 g/mol. The second-order valence-electron chi connectivity index (χ2n) is 4.15. The standard InChI is InChI=1S/C10H16BrN3/c1-13-4-3-12-10(13)14(2)7-8-5-9(11)6-8/h3-4,8-9H,5-7H2,1-2H3. The van der Waals surface area contributed by atoms with Gasteiger partial charge in [-0.05, 0) is 18.8 Å². The number of alkyl halides is 1. The lowest BCUT2D eigenvalue weighted by Crippen LogP contribution is -2.35. The molecule has 1 aromatic heterocycles. The van der Waals surface area contributed by atoms with E-state index in [9.17, 15) is 0 Å². The fourth-order valence-corrected chi connectivity index (χ4v) is 3.06. The fraction of sp³-hybridized carbons (Fsp3) is 0.700. The number of rotatable bonds is 3. The van der Waals surface area contributed by atoms with Crippen LogP contribution in [0, 0.1) is 5.92 Å². The van der Waals surface area contributed by atoms with Gasteiger partial charge >= 0.3 is 0 Å². The first-order chi connectivity index (χ1) is 6.66. The smallest absolute Gasteiger partial charge is 0.204 e. The van der Waals surface area contributed by atoms with Gasteiger partial charge in [0.15, 0.2) is 0 Å². The van der Waals surface area contributed by atoms with Crippen LogP contribution >= 0.6 is 15.9 Å². The van der Waals surface area contributed by atoms with Crippen LogP contribution in [0.2, 0.25) is 0 Å². The number of imidazole rings is 1. The first-order valence-electron chi connectivity index (χ1n) is 4.99. The Labute approximate surface area is 93.2 Å². The van der Waals surface area contributed by atoms with Crippen molar-refractivity contribution in [2.24, 2.45) is 13.0 Å². The van der Waals surface area contributed by atoms with E-state index in [0.29, 0.717) is 0 Å². The van der Waals surface area contributed by atoms with Crippen molar-refractivity contribution >= 4 is 21.9 Å². The SMILES string of the molecule is CN(CC1CC(Br)C1)c1nccn1C. The Hall–Kier alpha value is -0.510. The molecule has 1 heterocycles. The molecule has 0 atom stereocenters. The van der Waals surface area contributed by atoms with Crippen molar-refractivity contribution in [1.82, 2.24) is 9.55 Å². The van der Waals surface area contributed by atoms with Gasteiger partial charge in [0.2, 0.25) is 5.95 Å². The van der Waals surface area contributed by atoms with Crippen LogP contribution in [-0.2, 0) is 7.05 Å². The van der Waals surface area contributed by atoms with Crippen LogP contribution in [0.5, 0.6) is 0 Å². The summed E-state index contributed by atoms with van der Waals surface area (Å²) in [7, 11) is 4.15. The van der Waals surface area contributed by atoms with E-state index in [4.69, 9.17) is 0 Å². The summed E-state index contributed by atoms with van der Waals surface area (Å²) in [5.74, 6) is 1.89. The van der Waals surface area contributed by atoms with Crippen molar-refractivity contribution in [2.45, 2.75) is 17.7 Å². The van der Waals surface area contributed by atoms with Crippen molar-refractivity contribution in [1.29, 1.82) is 0 Å². The van der Waals surface area contributed by atoms with Crippen LogP contribution in [0.25, 0.3) is 0 Å². The summed E-state index contributed by atoms with van der Waals surface area (Å²) in [5.41, 5.74) is 0. The van der Waals surface area contributed by atoms with Crippen molar-refractivity contribution in [3.63, 3.8) is 0 Å². The molecule has 3 nitrogen and oxygen atoms in total. The normalized spacial score (nSPS) is 25.9. The van der Waals surface area contributed by atoms with Gasteiger partial charge in [0.25, 0.3) is 0 Å². The number of aryl methyl sites for hydroxylation is 1. The van der Waals surface area contributed by atoms with Crippen LogP contribution < -0.4 is 4.90 Å². The predicted octanol–water partition coefficient (Wildman–Crippen LogP) is 2.03. The van der Waals surface area contributed by atoms with E-state index in [1.54, 1.807) is 0 Å². The Morgan fingerprint density at radius 1 is 1.64 bits per heavy atom. The Bertz CT molecular complexity index is 304. The van der Waals surface area contributed by atoms with Gasteiger partial charge in [-0.25, -0.2) is 4.98 Å². The molecule has 1 aromatic rings. The summed E-state index contributed by atoms with van der Waals surface area (Å²) in [6.45, 7) is 1.12. The van der Waals surface area contributed by atoms with Gasteiger partial charge in [-0.2, -0.15) is 0 Å². The minimum Gasteiger partial charge on any atom is -0.345 e. The zero-order valence-corrected chi connectivity index (χ0v) is 10.2. The maximum Gasteiger partial charge on any atom is 0.204 e. The Balaban J connectivity index is 1.90. The molecule has 1 saturated carbocycles. The Morgan fingerprint density at radius 3 is 2.86 bits per heavy atom. The summed E-state index contributed by atoms with van der Waals surface area (Å²) < 4.78 is 2.06. The number of halogens is 1. The van der Waals surface area contributed by atoms with Crippen molar-refractivity contribution in [2.75, 3.05) is 18.5 Å². The minimum atomic E-state index is 0.752. The van der Waals surface area contributed by atoms with Gasteiger partial charge in [0.05, 0.1) is 0 Å². The Kier molecular flexibility index (Phi) is 2.81. The van der Waals surface area contributed by atoms with Gasteiger partial charge in [0, 0.05) is 37.9 Å². The minimum absolute atomic E-state index is 0.752. The lowest BCUT2D eigenvalue weighted by atomic mass is 9.85. The van der Waals surface area contributed by atoms with Crippen LogP contribution in [0.4, 0.5) is 5.95 Å². The molecule has 4 heteroatoms. The summed E-state index contributed by atoms with van der Waals surface area (Å²) in [4.78, 5) is 7.32. The van der Waals surface area contributed by atoms with Crippen LogP contribution in [0.3, 0.4) is 0 Å². The first-order valence-corrected chi connectivity index (χ1v) is 5.91. The predicted molar refractivity (Wildman–Crippen MR) is 61.9 cm³/mol. The van der Waals surface area contributed by atoms with E-state index in [0.717, 1.165) is 23.2 Å². The molecule has 0 bridgehead atoms. The molecule has 0 aromatic carbocycles. The van der Waals surface area contributed by atoms with Crippen LogP contribution in [-0.4, -0.2) is 28.0 Å². The molecule has 0 saturated heterocycles. The van der Waals surface area contributed by atoms with Gasteiger partial charge < -0.3 is 9.47 Å². The second-order valence-corrected chi connectivity index (χ2v) is 5.45. The maximum absolute atomic E-state index is 4.32. The molecule has 0 amide bonds. The second kappa shape index (κ2) is 3.93. The van der Waals surface area contributed by atoms with Crippen molar-refractivity contribution in [3.8, 4) is 0 Å². The number of hydrogen-bond donors (Lipinski definition) is 0. The van der Waals surface area contributed by atoms with Crippen molar-refractivity contribution in [3.05, 3.63) is 12.4 Å². The molecule has 0 unspecified atom stereocenters. The average Bonchev–Trinajstić information content (AvgIpc) is 2.48. The van der Waals surface area contributed by atoms with E-state index < -0.39 is 0 Å². The third kappa shape index (κ3) is 1.95. The highest BCUT2D eigenvalue weighted by Crippen LogP contribution is 2.34. The molecule has 1 aliphatic rings. The molecule has 14 heavy (non-hydrogen) atoms. The zero-order valence-electron chi connectivity index (χ0n) is 8.65. The van der Waals surface area contributed by atoms with E-state index in [1.807, 2.05) is 19.4 Å². The number of hydrogen-bond acceptors (Lipinski definition) is 2. The average molecular weight is 258 g/mol. The molecular formula is C10H16BrN3. The fourth-order valence-electron chi connectivity index (χ4n) is 2.00. The summed E-state index contributed by atoms with van der Waals surface area (Å²) in [6, 6.07) is 0. The number of anilines is 1. The van der Waals surface area contributed by atoms with Crippen LogP contribution in [0.1, 0.15) is 12.8 Å². The summed E-state index contributed by atoms with van der Waals surface area (Å²) >= 11 is 3.61. The molecule has 0 radical (unpaired) electrons. The number of nitrogens with zero attached hydrogens (tertiary/aromatic N) is 3. The topological polar surface area (TPSA) is 21.1 Å². The highest BCUT2D eigenvalue weighted by Gasteiger charge is 2.28. The van der Waals surface area contributed by atoms with E-state index in [-0.39, 0.29) is 0 Å². The maximum atomic E-state index is 4.32. The molecule has 0 aliphatic heterocycles. The highest BCUT2D eigenvalue weighted by atomic mass is 79.9. The van der Waals surface area contributed by atoms with Crippen LogP contribution in [0.15, 0.2) is 12.4 Å². The van der Waals surface area contributed by atoms with Crippen molar-refractivity contribution < 1.29 is 0 Å². The summed E-state index contributed by atoms with van der Waals surface area (Å²) in [5, 5.41) is 0. The van der Waals surface area contributed by atoms with Gasteiger partial charge in [0.1, 0.15) is 0 Å². The number of aromatic nitrogens is 2. The summed E-state index contributed by atoms with van der Waals surface area (Å²) in [6.07, 6.45) is 6.43. The van der Waals surface area contributed by atoms with E-state index in [2.05, 4.69) is 37.4 Å². The van der Waals surface area contributed by atoms with Gasteiger partial charge in [-0.15, -0.1) is 0 Å². The molecule has 78 valence electrons. The lowest BCUT2D eigenvalue weighted by Gasteiger charge is -2.34. The largest absolute Gasteiger partial charge is 0.345 e. The molecule has 1 aliphatic carbocycles. The van der Waals surface area contributed by atoms with Gasteiger partial charge in [-0.1, -0.05) is 15.9 Å². The third-order valence-electron chi connectivity index (χ3n) is 2.85. The molecular weight excluding hydrogens is 242 g/mol. The lowest BCUT2D eigenvalue weighted by molar-refractivity contribution is 0.337. The molecule has 2 rings (SSSR count). The van der Waals surface area contributed by atoms with Gasteiger partial charge in [-0.3, -0.25) is 0 Å². The molecule has 1 fully saturated rings. The zero-order chi connectivity index (χ0) is 10.1. The third-order valence-corrected chi connectivity index (χ3v) is 3.60. The van der Waals surface area contributed by atoms with E-state index >= 15 is 0 Å². The quantitative estimate of drug-likeness (QED) is 0.773. The first kappa shape index (κ1) is 10.0.